The number of rotatable bonds is 3. The first-order valence-corrected chi connectivity index (χ1v) is 5.17. The second kappa shape index (κ2) is 3.72. The zero-order valence-electron chi connectivity index (χ0n) is 9.27. The second-order valence-electron chi connectivity index (χ2n) is 4.13. The molecule has 0 heterocycles. The third-order valence-corrected chi connectivity index (χ3v) is 2.95. The lowest BCUT2D eigenvalue weighted by atomic mass is 10.2. The number of ether oxygens (including phenoxy) is 1. The molecular formula is C11H13F3N2O. The molecule has 1 saturated carbocycles. The molecule has 0 radical (unpaired) electrons. The van der Waals surface area contributed by atoms with Crippen molar-refractivity contribution >= 4 is 11.4 Å². The van der Waals surface area contributed by atoms with E-state index in [2.05, 4.69) is 5.32 Å². The van der Waals surface area contributed by atoms with Gasteiger partial charge in [-0.05, 0) is 25.0 Å². The van der Waals surface area contributed by atoms with Gasteiger partial charge in [0.2, 0.25) is 0 Å². The molecule has 0 spiro atoms. The van der Waals surface area contributed by atoms with Crippen molar-refractivity contribution in [3.8, 4) is 5.75 Å². The SMILES string of the molecule is COc1cccc(NC2(C(F)(F)F)CC2)c1N. The molecule has 0 bridgehead atoms. The van der Waals surface area contributed by atoms with Gasteiger partial charge >= 0.3 is 6.18 Å². The second-order valence-corrected chi connectivity index (χ2v) is 4.13. The van der Waals surface area contributed by atoms with E-state index in [1.807, 2.05) is 0 Å². The summed E-state index contributed by atoms with van der Waals surface area (Å²) in [5.41, 5.74) is 4.37. The minimum Gasteiger partial charge on any atom is -0.495 e. The number of para-hydroxylation sites is 1. The molecule has 94 valence electrons. The van der Waals surface area contributed by atoms with Crippen molar-refractivity contribution in [2.45, 2.75) is 24.6 Å². The zero-order chi connectivity index (χ0) is 12.7. The Hall–Kier alpha value is -1.59. The van der Waals surface area contributed by atoms with Crippen LogP contribution in [0.4, 0.5) is 24.5 Å². The maximum Gasteiger partial charge on any atom is 0.411 e. The van der Waals surface area contributed by atoms with Gasteiger partial charge in [0.05, 0.1) is 18.5 Å². The van der Waals surface area contributed by atoms with E-state index in [4.69, 9.17) is 10.5 Å². The molecule has 2 rings (SSSR count). The van der Waals surface area contributed by atoms with Crippen LogP contribution in [-0.2, 0) is 0 Å². The van der Waals surface area contributed by atoms with E-state index in [1.54, 1.807) is 12.1 Å². The van der Waals surface area contributed by atoms with Crippen molar-refractivity contribution in [1.82, 2.24) is 0 Å². The van der Waals surface area contributed by atoms with Crippen molar-refractivity contribution in [3.63, 3.8) is 0 Å². The fourth-order valence-electron chi connectivity index (χ4n) is 1.69. The van der Waals surface area contributed by atoms with Gasteiger partial charge < -0.3 is 15.8 Å². The van der Waals surface area contributed by atoms with E-state index in [-0.39, 0.29) is 24.2 Å². The first-order valence-electron chi connectivity index (χ1n) is 5.17. The maximum absolute atomic E-state index is 12.8. The highest BCUT2D eigenvalue weighted by Crippen LogP contribution is 2.52. The summed E-state index contributed by atoms with van der Waals surface area (Å²) in [6.07, 6.45) is -4.11. The highest BCUT2D eigenvalue weighted by molar-refractivity contribution is 5.74. The Bertz CT molecular complexity index is 427. The van der Waals surface area contributed by atoms with Crippen molar-refractivity contribution in [3.05, 3.63) is 18.2 Å². The lowest BCUT2D eigenvalue weighted by Gasteiger charge is -2.23. The molecule has 6 heteroatoms. The van der Waals surface area contributed by atoms with Gasteiger partial charge in [0.25, 0.3) is 0 Å². The zero-order valence-corrected chi connectivity index (χ0v) is 9.27. The van der Waals surface area contributed by atoms with Crippen LogP contribution in [0.3, 0.4) is 0 Å². The van der Waals surface area contributed by atoms with Crippen LogP contribution >= 0.6 is 0 Å². The Labute approximate surface area is 96.8 Å². The van der Waals surface area contributed by atoms with Gasteiger partial charge in [-0.25, -0.2) is 0 Å². The number of anilines is 2. The molecule has 1 aromatic rings. The molecule has 0 amide bonds. The molecule has 0 aromatic heterocycles. The van der Waals surface area contributed by atoms with Crippen LogP contribution in [0.15, 0.2) is 18.2 Å². The van der Waals surface area contributed by atoms with Crippen LogP contribution in [0.25, 0.3) is 0 Å². The van der Waals surface area contributed by atoms with Gasteiger partial charge in [0.1, 0.15) is 11.3 Å². The van der Waals surface area contributed by atoms with Crippen molar-refractivity contribution in [2.75, 3.05) is 18.2 Å². The molecule has 3 N–H and O–H groups in total. The Balaban J connectivity index is 2.26. The van der Waals surface area contributed by atoms with Gasteiger partial charge in [0.15, 0.2) is 0 Å². The standard InChI is InChI=1S/C11H13F3N2O/c1-17-8-4-2-3-7(9(8)15)16-10(5-6-10)11(12,13)14/h2-4,16H,5-6,15H2,1H3. The molecule has 1 aromatic carbocycles. The first kappa shape index (κ1) is 11.9. The molecule has 0 atom stereocenters. The summed E-state index contributed by atoms with van der Waals surface area (Å²) in [4.78, 5) is 0. The van der Waals surface area contributed by atoms with E-state index in [0.717, 1.165) is 0 Å². The van der Waals surface area contributed by atoms with Crippen molar-refractivity contribution < 1.29 is 17.9 Å². The average molecular weight is 246 g/mol. The Morgan fingerprint density at radius 3 is 2.47 bits per heavy atom. The number of methoxy groups -OCH3 is 1. The summed E-state index contributed by atoms with van der Waals surface area (Å²) in [5, 5.41) is 2.48. The van der Waals surface area contributed by atoms with E-state index in [9.17, 15) is 13.2 Å². The van der Waals surface area contributed by atoms with Gasteiger partial charge in [-0.2, -0.15) is 13.2 Å². The number of nitrogen functional groups attached to an aromatic ring is 1. The molecular weight excluding hydrogens is 233 g/mol. The van der Waals surface area contributed by atoms with Crippen LogP contribution < -0.4 is 15.8 Å². The average Bonchev–Trinajstić information content (AvgIpc) is 3.01. The summed E-state index contributed by atoms with van der Waals surface area (Å²) < 4.78 is 43.2. The third-order valence-electron chi connectivity index (χ3n) is 2.95. The van der Waals surface area contributed by atoms with Crippen LogP contribution in [0.5, 0.6) is 5.75 Å². The highest BCUT2D eigenvalue weighted by Gasteiger charge is 2.63. The number of nitrogens with one attached hydrogen (secondary N) is 1. The smallest absolute Gasteiger partial charge is 0.411 e. The predicted octanol–water partition coefficient (Wildman–Crippen LogP) is 2.78. The number of nitrogens with two attached hydrogens (primary N) is 1. The number of halogens is 3. The van der Waals surface area contributed by atoms with Gasteiger partial charge in [0, 0.05) is 0 Å². The van der Waals surface area contributed by atoms with Crippen LogP contribution in [0.2, 0.25) is 0 Å². The molecule has 3 nitrogen and oxygen atoms in total. The lowest BCUT2D eigenvalue weighted by Crippen LogP contribution is -2.38. The van der Waals surface area contributed by atoms with Crippen molar-refractivity contribution in [2.24, 2.45) is 0 Å². The van der Waals surface area contributed by atoms with Gasteiger partial charge in [-0.3, -0.25) is 0 Å². The van der Waals surface area contributed by atoms with E-state index in [1.165, 1.54) is 13.2 Å². The number of hydrogen-bond donors (Lipinski definition) is 2. The fraction of sp³-hybridized carbons (Fsp3) is 0.455. The molecule has 17 heavy (non-hydrogen) atoms. The van der Waals surface area contributed by atoms with E-state index in [0.29, 0.717) is 5.75 Å². The predicted molar refractivity (Wildman–Crippen MR) is 59.0 cm³/mol. The normalized spacial score (nSPS) is 17.6. The molecule has 0 saturated heterocycles. The molecule has 0 unspecified atom stereocenters. The van der Waals surface area contributed by atoms with Crippen molar-refractivity contribution in [1.29, 1.82) is 0 Å². The Morgan fingerprint density at radius 2 is 2.00 bits per heavy atom. The number of alkyl halides is 3. The summed E-state index contributed by atoms with van der Waals surface area (Å²) in [5.74, 6) is 0.368. The molecule has 1 aliphatic carbocycles. The summed E-state index contributed by atoms with van der Waals surface area (Å²) >= 11 is 0. The quantitative estimate of drug-likeness (QED) is 0.806. The van der Waals surface area contributed by atoms with E-state index >= 15 is 0 Å². The van der Waals surface area contributed by atoms with Gasteiger partial charge in [-0.1, -0.05) is 6.07 Å². The van der Waals surface area contributed by atoms with Crippen LogP contribution in [0, 0.1) is 0 Å². The molecule has 1 aliphatic rings. The third kappa shape index (κ3) is 1.99. The topological polar surface area (TPSA) is 47.3 Å². The monoisotopic (exact) mass is 246 g/mol. The molecule has 1 fully saturated rings. The summed E-state index contributed by atoms with van der Waals surface area (Å²) in [7, 11) is 1.42. The molecule has 0 aliphatic heterocycles. The van der Waals surface area contributed by atoms with Crippen LogP contribution in [0.1, 0.15) is 12.8 Å². The van der Waals surface area contributed by atoms with Gasteiger partial charge in [-0.15, -0.1) is 0 Å². The minimum absolute atomic E-state index is 0.0765. The Morgan fingerprint density at radius 1 is 1.35 bits per heavy atom. The Kier molecular flexibility index (Phi) is 2.60. The minimum atomic E-state index is -4.26. The maximum atomic E-state index is 12.8. The first-order chi connectivity index (χ1) is 7.89. The number of hydrogen-bond acceptors (Lipinski definition) is 3. The lowest BCUT2D eigenvalue weighted by molar-refractivity contribution is -0.151. The highest BCUT2D eigenvalue weighted by atomic mass is 19.4. The van der Waals surface area contributed by atoms with E-state index < -0.39 is 11.7 Å². The fourth-order valence-corrected chi connectivity index (χ4v) is 1.69. The summed E-state index contributed by atoms with van der Waals surface area (Å²) in [6.45, 7) is 0. The number of benzene rings is 1. The van der Waals surface area contributed by atoms with Crippen LogP contribution in [-0.4, -0.2) is 18.8 Å². The largest absolute Gasteiger partial charge is 0.495 e. The summed E-state index contributed by atoms with van der Waals surface area (Å²) in [6, 6.07) is 4.72.